The van der Waals surface area contributed by atoms with Crippen LogP contribution >= 0.6 is 0 Å². The van der Waals surface area contributed by atoms with E-state index in [4.69, 9.17) is 4.98 Å². The minimum absolute atomic E-state index is 0.209. The number of carboxylic acids is 1. The Morgan fingerprint density at radius 3 is 2.73 bits per heavy atom. The maximum Gasteiger partial charge on any atom is 0.320 e. The van der Waals surface area contributed by atoms with Crippen LogP contribution in [0.3, 0.4) is 0 Å². The monoisotopic (exact) mass is 502 g/mol. The first kappa shape index (κ1) is 24.7. The fraction of sp³-hybridized carbons (Fsp3) is 0.345. The molecule has 5 rings (SSSR count). The second-order valence-corrected chi connectivity index (χ2v) is 9.63. The van der Waals surface area contributed by atoms with Gasteiger partial charge in [-0.3, -0.25) is 4.79 Å². The van der Waals surface area contributed by atoms with Gasteiger partial charge in [0.05, 0.1) is 12.5 Å². The molecule has 0 aliphatic carbocycles. The number of aryl methyl sites for hydroxylation is 2. The first-order valence-corrected chi connectivity index (χ1v) is 12.8. The summed E-state index contributed by atoms with van der Waals surface area (Å²) in [7, 11) is 0. The van der Waals surface area contributed by atoms with Crippen LogP contribution in [0.15, 0.2) is 60.7 Å². The van der Waals surface area contributed by atoms with Gasteiger partial charge >= 0.3 is 12.0 Å². The van der Waals surface area contributed by atoms with Gasteiger partial charge in [-0.2, -0.15) is 0 Å². The number of aliphatic carboxylic acids is 1. The number of carbonyl (C=O) groups is 2. The van der Waals surface area contributed by atoms with Crippen molar-refractivity contribution in [3.05, 3.63) is 83.3 Å². The van der Waals surface area contributed by atoms with Crippen molar-refractivity contribution < 1.29 is 19.1 Å². The number of rotatable bonds is 9. The molecule has 192 valence electrons. The molecule has 8 heteroatoms. The van der Waals surface area contributed by atoms with Gasteiger partial charge in [0.25, 0.3) is 0 Å². The summed E-state index contributed by atoms with van der Waals surface area (Å²) in [6.45, 7) is 2.42. The first-order valence-electron chi connectivity index (χ1n) is 12.8. The van der Waals surface area contributed by atoms with Crippen molar-refractivity contribution in [3.63, 3.8) is 0 Å². The Hall–Kier alpha value is -3.94. The number of halogens is 1. The molecule has 0 radical (unpaired) electrons. The largest absolute Gasteiger partial charge is 0.481 e. The molecule has 2 amide bonds. The molecular formula is C29H31FN4O3. The fourth-order valence-electron chi connectivity index (χ4n) is 5.22. The van der Waals surface area contributed by atoms with Crippen molar-refractivity contribution in [1.82, 2.24) is 14.8 Å². The second-order valence-electron chi connectivity index (χ2n) is 9.63. The Morgan fingerprint density at radius 1 is 1.11 bits per heavy atom. The van der Waals surface area contributed by atoms with Crippen LogP contribution in [0.5, 0.6) is 0 Å². The van der Waals surface area contributed by atoms with E-state index in [1.807, 2.05) is 30.3 Å². The molecule has 7 nitrogen and oxygen atoms in total. The predicted molar refractivity (Wildman–Crippen MR) is 140 cm³/mol. The van der Waals surface area contributed by atoms with Crippen molar-refractivity contribution in [2.24, 2.45) is 0 Å². The Morgan fingerprint density at radius 2 is 1.95 bits per heavy atom. The zero-order valence-corrected chi connectivity index (χ0v) is 20.7. The van der Waals surface area contributed by atoms with E-state index < -0.39 is 17.8 Å². The molecule has 37 heavy (non-hydrogen) atoms. The molecule has 3 heterocycles. The number of pyridine rings is 1. The number of aromatic nitrogens is 1. The van der Waals surface area contributed by atoms with Crippen LogP contribution in [-0.4, -0.2) is 58.1 Å². The van der Waals surface area contributed by atoms with Gasteiger partial charge in [-0.05, 0) is 54.5 Å². The molecule has 0 saturated carbocycles. The standard InChI is InChI=1S/C29H31FN4O3/c30-25-18-22(11-13-24(25)20-6-2-1-3-7-20)26(19-27(35)36)34-17-16-33(29(34)37)15-5-9-23-12-10-21-8-4-14-31-28(21)32-23/h1-3,6-7,10-13,18,26H,4-5,8-9,14-17,19H2,(H,31,32)(H,35,36)/t26-/m1/s1. The van der Waals surface area contributed by atoms with E-state index in [1.165, 1.54) is 11.6 Å². The van der Waals surface area contributed by atoms with Crippen LogP contribution < -0.4 is 5.32 Å². The third-order valence-electron chi connectivity index (χ3n) is 7.15. The van der Waals surface area contributed by atoms with Gasteiger partial charge in [0.15, 0.2) is 0 Å². The second kappa shape index (κ2) is 11.0. The first-order chi connectivity index (χ1) is 18.0. The third-order valence-corrected chi connectivity index (χ3v) is 7.15. The summed E-state index contributed by atoms with van der Waals surface area (Å²) in [5, 5.41) is 12.9. The van der Waals surface area contributed by atoms with E-state index in [9.17, 15) is 14.7 Å². The molecular weight excluding hydrogens is 471 g/mol. The smallest absolute Gasteiger partial charge is 0.320 e. The summed E-state index contributed by atoms with van der Waals surface area (Å²) in [5.74, 6) is -0.500. The molecule has 3 aromatic rings. The molecule has 1 saturated heterocycles. The van der Waals surface area contributed by atoms with Crippen molar-refractivity contribution in [3.8, 4) is 11.1 Å². The molecule has 2 aliphatic heterocycles. The number of carbonyl (C=O) groups excluding carboxylic acids is 1. The maximum absolute atomic E-state index is 15.1. The lowest BCUT2D eigenvalue weighted by atomic mass is 9.97. The average Bonchev–Trinajstić information content (AvgIpc) is 3.27. The topological polar surface area (TPSA) is 85.8 Å². The summed E-state index contributed by atoms with van der Waals surface area (Å²) in [6.07, 6.45) is 3.40. The zero-order chi connectivity index (χ0) is 25.8. The number of carboxylic acid groups (broad SMARTS) is 1. The Balaban J connectivity index is 1.25. The SMILES string of the molecule is O=C(O)C[C@H](c1ccc(-c2ccccc2)c(F)c1)N1CCN(CCCc2ccc3c(n2)NCCC3)C1=O. The Labute approximate surface area is 215 Å². The van der Waals surface area contributed by atoms with Crippen LogP contribution in [0.2, 0.25) is 0 Å². The lowest BCUT2D eigenvalue weighted by molar-refractivity contribution is -0.138. The number of hydrogen-bond donors (Lipinski definition) is 2. The van der Waals surface area contributed by atoms with E-state index in [1.54, 1.807) is 21.9 Å². The fourth-order valence-corrected chi connectivity index (χ4v) is 5.22. The summed E-state index contributed by atoms with van der Waals surface area (Å²) >= 11 is 0. The highest BCUT2D eigenvalue weighted by Gasteiger charge is 2.35. The number of nitrogens with zero attached hydrogens (tertiary/aromatic N) is 3. The molecule has 0 bridgehead atoms. The van der Waals surface area contributed by atoms with Crippen molar-refractivity contribution in [2.75, 3.05) is 31.5 Å². The number of nitrogens with one attached hydrogen (secondary N) is 1. The minimum atomic E-state index is -1.03. The molecule has 2 aliphatic rings. The lowest BCUT2D eigenvalue weighted by Crippen LogP contribution is -2.36. The summed E-state index contributed by atoms with van der Waals surface area (Å²) < 4.78 is 15.1. The minimum Gasteiger partial charge on any atom is -0.481 e. The highest BCUT2D eigenvalue weighted by molar-refractivity contribution is 5.78. The van der Waals surface area contributed by atoms with Gasteiger partial charge in [0, 0.05) is 37.4 Å². The van der Waals surface area contributed by atoms with Gasteiger partial charge in [0.1, 0.15) is 11.6 Å². The average molecular weight is 503 g/mol. The number of amides is 2. The van der Waals surface area contributed by atoms with Crippen LogP contribution in [-0.2, 0) is 17.6 Å². The van der Waals surface area contributed by atoms with Gasteiger partial charge in [-0.1, -0.05) is 48.5 Å². The van der Waals surface area contributed by atoms with Gasteiger partial charge < -0.3 is 20.2 Å². The number of fused-ring (bicyclic) bond motifs is 1. The van der Waals surface area contributed by atoms with Crippen LogP contribution in [0.4, 0.5) is 15.0 Å². The van der Waals surface area contributed by atoms with E-state index in [0.29, 0.717) is 30.8 Å². The normalized spacial score (nSPS) is 15.9. The molecule has 0 spiro atoms. The van der Waals surface area contributed by atoms with Crippen LogP contribution in [0.25, 0.3) is 11.1 Å². The van der Waals surface area contributed by atoms with Crippen molar-refractivity contribution in [2.45, 2.75) is 38.1 Å². The number of hydrogen-bond acceptors (Lipinski definition) is 4. The lowest BCUT2D eigenvalue weighted by Gasteiger charge is -2.27. The molecule has 2 N–H and O–H groups in total. The summed E-state index contributed by atoms with van der Waals surface area (Å²) in [5.41, 5.74) is 3.92. The van der Waals surface area contributed by atoms with Crippen molar-refractivity contribution >= 4 is 17.8 Å². The summed E-state index contributed by atoms with van der Waals surface area (Å²) in [6, 6.07) is 17.2. The van der Waals surface area contributed by atoms with Gasteiger partial charge in [0.2, 0.25) is 0 Å². The van der Waals surface area contributed by atoms with Crippen LogP contribution in [0.1, 0.15) is 42.1 Å². The quantitative estimate of drug-likeness (QED) is 0.424. The number of urea groups is 1. The van der Waals surface area contributed by atoms with E-state index >= 15 is 4.39 Å². The number of benzene rings is 2. The molecule has 0 unspecified atom stereocenters. The van der Waals surface area contributed by atoms with Crippen molar-refractivity contribution in [1.29, 1.82) is 0 Å². The third kappa shape index (κ3) is 5.58. The van der Waals surface area contributed by atoms with Gasteiger partial charge in [-0.15, -0.1) is 0 Å². The maximum atomic E-state index is 15.1. The highest BCUT2D eigenvalue weighted by atomic mass is 19.1. The molecule has 1 atom stereocenters. The van der Waals surface area contributed by atoms with E-state index in [2.05, 4.69) is 17.4 Å². The van der Waals surface area contributed by atoms with E-state index in [-0.39, 0.29) is 12.5 Å². The molecule has 1 aromatic heterocycles. The van der Waals surface area contributed by atoms with Gasteiger partial charge in [-0.25, -0.2) is 14.2 Å². The summed E-state index contributed by atoms with van der Waals surface area (Å²) in [4.78, 5) is 33.0. The predicted octanol–water partition coefficient (Wildman–Crippen LogP) is 5.13. The molecule has 2 aromatic carbocycles. The highest BCUT2D eigenvalue weighted by Crippen LogP contribution is 2.32. The van der Waals surface area contributed by atoms with E-state index in [0.717, 1.165) is 49.3 Å². The Kier molecular flexibility index (Phi) is 7.35. The molecule has 1 fully saturated rings. The Bertz CT molecular complexity index is 1280. The zero-order valence-electron chi connectivity index (χ0n) is 20.7. The van der Waals surface area contributed by atoms with Crippen LogP contribution in [0, 0.1) is 5.82 Å². The number of anilines is 1.